The lowest BCUT2D eigenvalue weighted by Crippen LogP contribution is -2.22. The summed E-state index contributed by atoms with van der Waals surface area (Å²) >= 11 is 0. The van der Waals surface area contributed by atoms with Crippen LogP contribution < -0.4 is 5.32 Å². The van der Waals surface area contributed by atoms with Gasteiger partial charge in [-0.15, -0.1) is 0 Å². The highest BCUT2D eigenvalue weighted by Crippen LogP contribution is 2.08. The molecule has 0 aliphatic rings. The van der Waals surface area contributed by atoms with Crippen LogP contribution in [0.2, 0.25) is 0 Å². The molecule has 0 aliphatic carbocycles. The molecule has 0 aromatic carbocycles. The second kappa shape index (κ2) is 5.30. The van der Waals surface area contributed by atoms with Crippen molar-refractivity contribution >= 4 is 0 Å². The van der Waals surface area contributed by atoms with Crippen molar-refractivity contribution in [1.82, 2.24) is 29.9 Å². The maximum atomic E-state index is 4.41. The highest BCUT2D eigenvalue weighted by atomic mass is 15.4. The van der Waals surface area contributed by atoms with E-state index in [9.17, 15) is 0 Å². The summed E-state index contributed by atoms with van der Waals surface area (Å²) in [5.74, 6) is 0.907. The van der Waals surface area contributed by atoms with Crippen LogP contribution in [0.1, 0.15) is 30.9 Å². The van der Waals surface area contributed by atoms with Gasteiger partial charge in [-0.05, 0) is 6.92 Å². The van der Waals surface area contributed by atoms with E-state index in [4.69, 9.17) is 0 Å². The van der Waals surface area contributed by atoms with E-state index < -0.39 is 0 Å². The Morgan fingerprint density at radius 2 is 2.11 bits per heavy atom. The Kier molecular flexibility index (Phi) is 3.76. The normalized spacial score (nSPS) is 11.4. The zero-order chi connectivity index (χ0) is 13.1. The monoisotopic (exact) mass is 248 g/mol. The Labute approximate surface area is 107 Å². The summed E-state index contributed by atoms with van der Waals surface area (Å²) in [6.45, 7) is 7.87. The standard InChI is InChI=1S/C12H20N6/c1-9(2)13-5-11-6-15-18(10(11)3)7-12-14-8-16-17(12)4/h6,8-9,13H,5,7H2,1-4H3. The summed E-state index contributed by atoms with van der Waals surface area (Å²) in [4.78, 5) is 4.21. The predicted molar refractivity (Wildman–Crippen MR) is 69.0 cm³/mol. The summed E-state index contributed by atoms with van der Waals surface area (Å²) < 4.78 is 3.73. The van der Waals surface area contributed by atoms with Gasteiger partial charge >= 0.3 is 0 Å². The molecule has 6 nitrogen and oxygen atoms in total. The number of rotatable bonds is 5. The molecule has 0 fully saturated rings. The van der Waals surface area contributed by atoms with E-state index >= 15 is 0 Å². The first-order chi connectivity index (χ1) is 8.58. The van der Waals surface area contributed by atoms with Gasteiger partial charge in [0.05, 0.1) is 6.20 Å². The van der Waals surface area contributed by atoms with Crippen LogP contribution in [0.15, 0.2) is 12.5 Å². The smallest absolute Gasteiger partial charge is 0.148 e. The molecule has 0 atom stereocenters. The summed E-state index contributed by atoms with van der Waals surface area (Å²) in [6.07, 6.45) is 3.48. The van der Waals surface area contributed by atoms with E-state index in [2.05, 4.69) is 41.3 Å². The number of nitrogens with one attached hydrogen (secondary N) is 1. The van der Waals surface area contributed by atoms with Crippen LogP contribution in [-0.4, -0.2) is 30.6 Å². The molecule has 18 heavy (non-hydrogen) atoms. The lowest BCUT2D eigenvalue weighted by molar-refractivity contribution is 0.579. The molecule has 0 spiro atoms. The Hall–Kier alpha value is -1.69. The number of nitrogens with zero attached hydrogens (tertiary/aromatic N) is 5. The zero-order valence-corrected chi connectivity index (χ0v) is 11.4. The molecule has 2 aromatic heterocycles. The van der Waals surface area contributed by atoms with Gasteiger partial charge in [0.15, 0.2) is 0 Å². The average Bonchev–Trinajstić information content (AvgIpc) is 2.86. The van der Waals surface area contributed by atoms with Crippen LogP contribution in [-0.2, 0) is 20.1 Å². The first-order valence-electron chi connectivity index (χ1n) is 6.15. The second-order valence-corrected chi connectivity index (χ2v) is 4.75. The number of hydrogen-bond acceptors (Lipinski definition) is 4. The van der Waals surface area contributed by atoms with E-state index in [0.717, 1.165) is 12.4 Å². The first-order valence-corrected chi connectivity index (χ1v) is 6.15. The van der Waals surface area contributed by atoms with E-state index in [0.29, 0.717) is 12.6 Å². The van der Waals surface area contributed by atoms with Gasteiger partial charge < -0.3 is 5.32 Å². The van der Waals surface area contributed by atoms with Gasteiger partial charge in [-0.1, -0.05) is 13.8 Å². The zero-order valence-electron chi connectivity index (χ0n) is 11.4. The van der Waals surface area contributed by atoms with Crippen LogP contribution in [0.5, 0.6) is 0 Å². The van der Waals surface area contributed by atoms with Gasteiger partial charge in [-0.25, -0.2) is 4.98 Å². The molecule has 2 rings (SSSR count). The van der Waals surface area contributed by atoms with E-state index in [-0.39, 0.29) is 0 Å². The molecule has 0 amide bonds. The molecule has 0 saturated heterocycles. The van der Waals surface area contributed by atoms with Crippen LogP contribution >= 0.6 is 0 Å². The van der Waals surface area contributed by atoms with Crippen LogP contribution in [0.3, 0.4) is 0 Å². The Balaban J connectivity index is 2.09. The molecule has 0 bridgehead atoms. The molecule has 0 unspecified atom stereocenters. The lowest BCUT2D eigenvalue weighted by atomic mass is 10.2. The van der Waals surface area contributed by atoms with Crippen molar-refractivity contribution in [3.63, 3.8) is 0 Å². The van der Waals surface area contributed by atoms with Gasteiger partial charge in [-0.3, -0.25) is 9.36 Å². The largest absolute Gasteiger partial charge is 0.310 e. The molecule has 2 heterocycles. The van der Waals surface area contributed by atoms with Gasteiger partial charge in [0.25, 0.3) is 0 Å². The van der Waals surface area contributed by atoms with Gasteiger partial charge in [-0.2, -0.15) is 10.2 Å². The van der Waals surface area contributed by atoms with Crippen molar-refractivity contribution in [2.45, 2.75) is 39.9 Å². The Morgan fingerprint density at radius 1 is 1.33 bits per heavy atom. The fourth-order valence-corrected chi connectivity index (χ4v) is 1.73. The minimum Gasteiger partial charge on any atom is -0.310 e. The average molecular weight is 248 g/mol. The van der Waals surface area contributed by atoms with Crippen molar-refractivity contribution in [2.24, 2.45) is 7.05 Å². The Morgan fingerprint density at radius 3 is 2.72 bits per heavy atom. The summed E-state index contributed by atoms with van der Waals surface area (Å²) in [7, 11) is 1.89. The minimum absolute atomic E-state index is 0.478. The van der Waals surface area contributed by atoms with Crippen LogP contribution in [0.4, 0.5) is 0 Å². The molecule has 2 aromatic rings. The molecular weight excluding hydrogens is 228 g/mol. The van der Waals surface area contributed by atoms with Crippen LogP contribution in [0, 0.1) is 6.92 Å². The number of hydrogen-bond donors (Lipinski definition) is 1. The van der Waals surface area contributed by atoms with E-state index in [1.807, 2.05) is 17.9 Å². The third kappa shape index (κ3) is 2.76. The van der Waals surface area contributed by atoms with E-state index in [1.165, 1.54) is 11.3 Å². The lowest BCUT2D eigenvalue weighted by Gasteiger charge is -2.08. The fourth-order valence-electron chi connectivity index (χ4n) is 1.73. The fraction of sp³-hybridized carbons (Fsp3) is 0.583. The van der Waals surface area contributed by atoms with E-state index in [1.54, 1.807) is 11.0 Å². The molecule has 6 heteroatoms. The maximum absolute atomic E-state index is 4.41. The molecular formula is C12H20N6. The summed E-state index contributed by atoms with van der Waals surface area (Å²) in [6, 6.07) is 0.478. The second-order valence-electron chi connectivity index (χ2n) is 4.75. The van der Waals surface area contributed by atoms with Crippen molar-refractivity contribution < 1.29 is 0 Å². The molecule has 1 N–H and O–H groups in total. The quantitative estimate of drug-likeness (QED) is 0.853. The van der Waals surface area contributed by atoms with Crippen molar-refractivity contribution in [1.29, 1.82) is 0 Å². The maximum Gasteiger partial charge on any atom is 0.148 e. The number of aromatic nitrogens is 5. The van der Waals surface area contributed by atoms with Crippen LogP contribution in [0.25, 0.3) is 0 Å². The van der Waals surface area contributed by atoms with Crippen molar-refractivity contribution in [2.75, 3.05) is 0 Å². The Bertz CT molecular complexity index is 510. The van der Waals surface area contributed by atoms with Gasteiger partial charge in [0.2, 0.25) is 0 Å². The molecule has 0 radical (unpaired) electrons. The number of aryl methyl sites for hydroxylation is 1. The first kappa shape index (κ1) is 12.8. The molecule has 98 valence electrons. The third-order valence-electron chi connectivity index (χ3n) is 3.00. The van der Waals surface area contributed by atoms with Crippen molar-refractivity contribution in [3.05, 3.63) is 29.6 Å². The SMILES string of the molecule is Cc1c(CNC(C)C)cnn1Cc1ncnn1C. The van der Waals surface area contributed by atoms with Crippen molar-refractivity contribution in [3.8, 4) is 0 Å². The molecule has 0 aliphatic heterocycles. The molecule has 0 saturated carbocycles. The topological polar surface area (TPSA) is 60.6 Å². The highest BCUT2D eigenvalue weighted by molar-refractivity contribution is 5.16. The van der Waals surface area contributed by atoms with Gasteiger partial charge in [0.1, 0.15) is 18.7 Å². The summed E-state index contributed by atoms with van der Waals surface area (Å²) in [5, 5.41) is 11.9. The highest BCUT2D eigenvalue weighted by Gasteiger charge is 2.09. The predicted octanol–water partition coefficient (Wildman–Crippen LogP) is 0.866. The minimum atomic E-state index is 0.478. The van der Waals surface area contributed by atoms with Gasteiger partial charge in [0, 0.05) is 30.9 Å². The summed E-state index contributed by atoms with van der Waals surface area (Å²) in [5.41, 5.74) is 2.40. The third-order valence-corrected chi connectivity index (χ3v) is 3.00.